The van der Waals surface area contributed by atoms with E-state index in [2.05, 4.69) is 28.4 Å². The van der Waals surface area contributed by atoms with E-state index in [-0.39, 0.29) is 29.6 Å². The average molecular weight is 870 g/mol. The van der Waals surface area contributed by atoms with Gasteiger partial charge in [-0.05, 0) is 0 Å². The first-order valence-electron chi connectivity index (χ1n) is 12.4. The van der Waals surface area contributed by atoms with E-state index in [9.17, 15) is 106 Å². The molecule has 53 heavy (non-hydrogen) atoms. The van der Waals surface area contributed by atoms with E-state index >= 15 is 0 Å². The van der Waals surface area contributed by atoms with E-state index in [4.69, 9.17) is 4.55 Å². The molecular formula is C20H19F20NaO11S. The van der Waals surface area contributed by atoms with Crippen molar-refractivity contribution in [2.24, 2.45) is 0 Å². The number of rotatable bonds is 22. The number of carbonyl (C=O) groups excluding carboxylic acids is 2. The van der Waals surface area contributed by atoms with Gasteiger partial charge in [0.1, 0.15) is 26.4 Å². The van der Waals surface area contributed by atoms with Crippen molar-refractivity contribution in [1.29, 1.82) is 0 Å². The molecule has 0 aliphatic rings. The number of hydrogen-bond acceptors (Lipinski definition) is 10. The van der Waals surface area contributed by atoms with Gasteiger partial charge < -0.3 is 18.9 Å². The summed E-state index contributed by atoms with van der Waals surface area (Å²) in [6.45, 7) is -10.3. The molecule has 0 rings (SSSR count). The van der Waals surface area contributed by atoms with E-state index in [1.54, 1.807) is 0 Å². The third-order valence-electron chi connectivity index (χ3n) is 5.14. The number of halogens is 20. The van der Waals surface area contributed by atoms with Gasteiger partial charge in [-0.1, -0.05) is 0 Å². The van der Waals surface area contributed by atoms with E-state index in [0.717, 1.165) is 0 Å². The second kappa shape index (κ2) is 19.0. The van der Waals surface area contributed by atoms with Gasteiger partial charge in [0.15, 0.2) is 5.25 Å². The van der Waals surface area contributed by atoms with Crippen molar-refractivity contribution in [2.75, 3.05) is 39.6 Å². The van der Waals surface area contributed by atoms with Crippen LogP contribution < -0.4 is 0 Å². The Morgan fingerprint density at radius 1 is 0.566 bits per heavy atom. The molecule has 0 fully saturated rings. The van der Waals surface area contributed by atoms with Crippen LogP contribution in [0.1, 0.15) is 6.42 Å². The molecule has 0 radical (unpaired) electrons. The van der Waals surface area contributed by atoms with E-state index in [0.29, 0.717) is 0 Å². The molecule has 1 N–H and O–H groups in total. The predicted octanol–water partition coefficient (Wildman–Crippen LogP) is 4.58. The second-order valence-corrected chi connectivity index (χ2v) is 10.9. The molecule has 0 aliphatic heterocycles. The number of alkyl halides is 20. The third kappa shape index (κ3) is 15.0. The van der Waals surface area contributed by atoms with E-state index in [1.807, 2.05) is 0 Å². The summed E-state index contributed by atoms with van der Waals surface area (Å²) in [6.07, 6.45) is -39.4. The van der Waals surface area contributed by atoms with Crippen LogP contribution in [-0.4, -0.2) is 160 Å². The van der Waals surface area contributed by atoms with Crippen LogP contribution in [0.2, 0.25) is 0 Å². The molecule has 0 aromatic rings. The van der Waals surface area contributed by atoms with Gasteiger partial charge in [-0.3, -0.25) is 23.6 Å². The SMILES string of the molecule is O=C(CC(C(=O)OCCOCC(F)(F)C(F)OC(F)(F)C(F)(F)C(F)(F)F)S(=O)(=O)O)OCCOCC(F)(F)C(F)OC(F)(F)C(F)(F)C(F)(F)F.[NaH]. The molecule has 312 valence electrons. The standard InChI is InChI=1S/C20H18F20O11S.Na.H/c21-11(50-19(37,38)15(27,28)17(31,32)33)13(23,24)6-46-1-3-48-9(41)5-8(52(43,44)45)10(42)49-4-2-47-7-14(25,26)12(22)51-20(39,40)16(29,30)18(34,35)36;;/h8,11-12H,1-7H2,(H,43,44,45);;. The Morgan fingerprint density at radius 3 is 1.19 bits per heavy atom. The van der Waals surface area contributed by atoms with Gasteiger partial charge in [-0.2, -0.15) is 87.4 Å². The van der Waals surface area contributed by atoms with Crippen LogP contribution in [0.25, 0.3) is 0 Å². The fourth-order valence-corrected chi connectivity index (χ4v) is 3.14. The average Bonchev–Trinajstić information content (AvgIpc) is 2.92. The zero-order valence-corrected chi connectivity index (χ0v) is 25.0. The zero-order chi connectivity index (χ0) is 41.6. The predicted molar refractivity (Wildman–Crippen MR) is 124 cm³/mol. The summed E-state index contributed by atoms with van der Waals surface area (Å²) in [4.78, 5) is 23.6. The van der Waals surface area contributed by atoms with Crippen molar-refractivity contribution in [3.8, 4) is 0 Å². The van der Waals surface area contributed by atoms with Crippen LogP contribution in [0.4, 0.5) is 87.8 Å². The molecule has 0 aromatic heterocycles. The Kier molecular flexibility index (Phi) is 19.1. The molecule has 11 nitrogen and oxygen atoms in total. The molecular weight excluding hydrogens is 851 g/mol. The van der Waals surface area contributed by atoms with Crippen LogP contribution in [0.3, 0.4) is 0 Å². The van der Waals surface area contributed by atoms with E-state index < -0.39 is 134 Å². The van der Waals surface area contributed by atoms with Gasteiger partial charge in [0.05, 0.1) is 19.6 Å². The van der Waals surface area contributed by atoms with Gasteiger partial charge >= 0.3 is 89.8 Å². The van der Waals surface area contributed by atoms with Crippen molar-refractivity contribution >= 4 is 51.6 Å². The van der Waals surface area contributed by atoms with Crippen molar-refractivity contribution in [1.82, 2.24) is 0 Å². The number of ether oxygens (including phenoxy) is 6. The monoisotopic (exact) mass is 870 g/mol. The van der Waals surface area contributed by atoms with Crippen molar-refractivity contribution in [3.63, 3.8) is 0 Å². The van der Waals surface area contributed by atoms with Gasteiger partial charge in [-0.15, -0.1) is 0 Å². The Hall–Kier alpha value is -1.71. The van der Waals surface area contributed by atoms with Crippen LogP contribution in [-0.2, 0) is 48.1 Å². The number of hydrogen-bond donors (Lipinski definition) is 1. The molecule has 0 saturated carbocycles. The van der Waals surface area contributed by atoms with Crippen molar-refractivity contribution in [3.05, 3.63) is 0 Å². The van der Waals surface area contributed by atoms with Gasteiger partial charge in [-0.25, -0.2) is 8.78 Å². The summed E-state index contributed by atoms with van der Waals surface area (Å²) in [5.74, 6) is -29.1. The van der Waals surface area contributed by atoms with Gasteiger partial charge in [0, 0.05) is 0 Å². The van der Waals surface area contributed by atoms with E-state index in [1.165, 1.54) is 0 Å². The molecule has 3 atom stereocenters. The Bertz CT molecular complexity index is 1300. The first kappa shape index (κ1) is 53.4. The van der Waals surface area contributed by atoms with Crippen LogP contribution in [0.5, 0.6) is 0 Å². The Balaban J connectivity index is 0. The fraction of sp³-hybridized carbons (Fsp3) is 0.900. The first-order chi connectivity index (χ1) is 22.9. The summed E-state index contributed by atoms with van der Waals surface area (Å²) >= 11 is 0. The van der Waals surface area contributed by atoms with Crippen LogP contribution >= 0.6 is 0 Å². The summed E-state index contributed by atoms with van der Waals surface area (Å²) in [5, 5.41) is -2.96. The topological polar surface area (TPSA) is 144 Å². The Morgan fingerprint density at radius 2 is 0.887 bits per heavy atom. The molecule has 0 saturated heterocycles. The fourth-order valence-electron chi connectivity index (χ4n) is 2.49. The zero-order valence-electron chi connectivity index (χ0n) is 24.2. The normalized spacial score (nSPS) is 16.0. The first-order valence-corrected chi connectivity index (χ1v) is 13.9. The molecule has 0 heterocycles. The summed E-state index contributed by atoms with van der Waals surface area (Å²) < 4.78 is 308. The quantitative estimate of drug-likeness (QED) is 0.0537. The van der Waals surface area contributed by atoms with Gasteiger partial charge in [0.2, 0.25) is 0 Å². The number of carbonyl (C=O) groups is 2. The van der Waals surface area contributed by atoms with Crippen LogP contribution in [0, 0.1) is 0 Å². The summed E-state index contributed by atoms with van der Waals surface area (Å²) in [6, 6.07) is 0. The molecule has 33 heteroatoms. The molecule has 3 unspecified atom stereocenters. The maximum atomic E-state index is 13.5. The van der Waals surface area contributed by atoms with Crippen molar-refractivity contribution < 1.29 is 139 Å². The molecule has 0 amide bonds. The number of esters is 2. The second-order valence-electron chi connectivity index (χ2n) is 9.27. The van der Waals surface area contributed by atoms with Crippen LogP contribution in [0.15, 0.2) is 0 Å². The maximum absolute atomic E-state index is 13.5. The molecule has 0 bridgehead atoms. The minimum absolute atomic E-state index is 0. The molecule has 0 spiro atoms. The third-order valence-corrected chi connectivity index (χ3v) is 6.21. The molecule has 0 aromatic carbocycles. The van der Waals surface area contributed by atoms with Crippen molar-refractivity contribution in [2.45, 2.75) is 72.6 Å². The minimum atomic E-state index is -7.16. The summed E-state index contributed by atoms with van der Waals surface area (Å²) in [7, 11) is -5.66. The Labute approximate surface area is 302 Å². The molecule has 0 aliphatic carbocycles. The van der Waals surface area contributed by atoms with Gasteiger partial charge in [0.25, 0.3) is 22.8 Å². The summed E-state index contributed by atoms with van der Waals surface area (Å²) in [5.41, 5.74) is 0.